The molecule has 0 bridgehead atoms. The van der Waals surface area contributed by atoms with E-state index in [-0.39, 0.29) is 19.0 Å². The molecule has 0 aliphatic heterocycles. The van der Waals surface area contributed by atoms with Crippen LogP contribution in [-0.4, -0.2) is 50.5 Å². The van der Waals surface area contributed by atoms with Crippen LogP contribution in [0.1, 0.15) is 49.8 Å². The van der Waals surface area contributed by atoms with Crippen LogP contribution in [0.4, 0.5) is 5.69 Å². The summed E-state index contributed by atoms with van der Waals surface area (Å²) in [5.41, 5.74) is 3.11. The van der Waals surface area contributed by atoms with Crippen LogP contribution in [0.2, 0.25) is 0 Å². The molecule has 0 saturated heterocycles. The molecule has 0 radical (unpaired) electrons. The normalized spacial score (nSPS) is 12.1. The highest BCUT2D eigenvalue weighted by atomic mass is 32.2. The van der Waals surface area contributed by atoms with Crippen molar-refractivity contribution in [3.8, 4) is 0 Å². The molecule has 8 heteroatoms. The highest BCUT2D eigenvalue weighted by Gasteiger charge is 2.31. The number of anilines is 1. The van der Waals surface area contributed by atoms with Gasteiger partial charge in [-0.3, -0.25) is 13.9 Å². The van der Waals surface area contributed by atoms with Gasteiger partial charge in [0.1, 0.15) is 12.6 Å². The van der Waals surface area contributed by atoms with Crippen LogP contribution in [0.25, 0.3) is 0 Å². The molecule has 2 aromatic rings. The van der Waals surface area contributed by atoms with Gasteiger partial charge in [-0.1, -0.05) is 56.7 Å². The van der Waals surface area contributed by atoms with Crippen molar-refractivity contribution in [2.45, 2.75) is 59.5 Å². The molecule has 0 fully saturated rings. The first kappa shape index (κ1) is 27.4. The molecule has 0 spiro atoms. The molecule has 0 saturated carbocycles. The minimum Gasteiger partial charge on any atom is -0.354 e. The van der Waals surface area contributed by atoms with E-state index >= 15 is 0 Å². The van der Waals surface area contributed by atoms with Crippen LogP contribution in [0.5, 0.6) is 0 Å². The summed E-state index contributed by atoms with van der Waals surface area (Å²) in [4.78, 5) is 28.1. The molecule has 7 nitrogen and oxygen atoms in total. The number of amides is 2. The van der Waals surface area contributed by atoms with E-state index in [1.54, 1.807) is 12.1 Å². The third-order valence-corrected chi connectivity index (χ3v) is 6.73. The third kappa shape index (κ3) is 7.87. The predicted molar refractivity (Wildman–Crippen MR) is 137 cm³/mol. The number of unbranched alkanes of at least 4 members (excludes halogenated alkanes) is 1. The van der Waals surface area contributed by atoms with Gasteiger partial charge in [-0.15, -0.1) is 0 Å². The lowest BCUT2D eigenvalue weighted by atomic mass is 10.1. The molecule has 0 heterocycles. The molecule has 0 aromatic heterocycles. The maximum Gasteiger partial charge on any atom is 0.244 e. The van der Waals surface area contributed by atoms with Gasteiger partial charge in [0.2, 0.25) is 21.8 Å². The van der Waals surface area contributed by atoms with Crippen molar-refractivity contribution >= 4 is 27.5 Å². The zero-order chi connectivity index (χ0) is 25.3. The maximum absolute atomic E-state index is 13.6. The van der Waals surface area contributed by atoms with E-state index in [1.807, 2.05) is 64.1 Å². The van der Waals surface area contributed by atoms with Gasteiger partial charge in [0.15, 0.2) is 0 Å². The Labute approximate surface area is 204 Å². The van der Waals surface area contributed by atoms with Gasteiger partial charge in [0.25, 0.3) is 0 Å². The van der Waals surface area contributed by atoms with Gasteiger partial charge in [0.05, 0.1) is 11.9 Å². The number of nitrogens with one attached hydrogen (secondary N) is 1. The second-order valence-electron chi connectivity index (χ2n) is 8.69. The fourth-order valence-electron chi connectivity index (χ4n) is 3.91. The Bertz CT molecular complexity index is 1050. The molecular weight excluding hydrogens is 450 g/mol. The van der Waals surface area contributed by atoms with E-state index in [4.69, 9.17) is 0 Å². The number of aryl methyl sites for hydroxylation is 2. The molecule has 186 valence electrons. The number of carbonyl (C=O) groups excluding carboxylic acids is 2. The van der Waals surface area contributed by atoms with Gasteiger partial charge in [-0.25, -0.2) is 8.42 Å². The smallest absolute Gasteiger partial charge is 0.244 e. The van der Waals surface area contributed by atoms with Gasteiger partial charge in [-0.05, 0) is 55.5 Å². The highest BCUT2D eigenvalue weighted by Crippen LogP contribution is 2.22. The maximum atomic E-state index is 13.6. The monoisotopic (exact) mass is 487 g/mol. The Morgan fingerprint density at radius 1 is 1.00 bits per heavy atom. The van der Waals surface area contributed by atoms with Crippen LogP contribution in [0.3, 0.4) is 0 Å². The van der Waals surface area contributed by atoms with Crippen molar-refractivity contribution in [2.75, 3.05) is 23.7 Å². The Kier molecular flexibility index (Phi) is 10.1. The van der Waals surface area contributed by atoms with Gasteiger partial charge in [0, 0.05) is 13.1 Å². The summed E-state index contributed by atoms with van der Waals surface area (Å²) in [5, 5.41) is 2.92. The quantitative estimate of drug-likeness (QED) is 0.462. The van der Waals surface area contributed by atoms with E-state index < -0.39 is 22.0 Å². The summed E-state index contributed by atoms with van der Waals surface area (Å²) in [6.07, 6.45) is 3.31. The number of carbonyl (C=O) groups is 2. The molecule has 2 aromatic carbocycles. The second-order valence-corrected chi connectivity index (χ2v) is 10.6. The summed E-state index contributed by atoms with van der Waals surface area (Å²) in [7, 11) is -3.74. The highest BCUT2D eigenvalue weighted by molar-refractivity contribution is 7.92. The van der Waals surface area contributed by atoms with Crippen LogP contribution < -0.4 is 9.62 Å². The summed E-state index contributed by atoms with van der Waals surface area (Å²) >= 11 is 0. The number of hydrogen-bond donors (Lipinski definition) is 1. The van der Waals surface area contributed by atoms with E-state index in [9.17, 15) is 18.0 Å². The molecule has 2 rings (SSSR count). The zero-order valence-electron chi connectivity index (χ0n) is 20.9. The summed E-state index contributed by atoms with van der Waals surface area (Å²) in [6.45, 7) is 8.03. The lowest BCUT2D eigenvalue weighted by molar-refractivity contribution is -0.140. The average molecular weight is 488 g/mol. The van der Waals surface area contributed by atoms with Crippen LogP contribution in [0.15, 0.2) is 48.5 Å². The lowest BCUT2D eigenvalue weighted by Crippen LogP contribution is -2.52. The minimum absolute atomic E-state index is 0.212. The number of sulfonamides is 1. The van der Waals surface area contributed by atoms with E-state index in [1.165, 1.54) is 4.90 Å². The van der Waals surface area contributed by atoms with Crippen molar-refractivity contribution in [1.29, 1.82) is 0 Å². The zero-order valence-corrected chi connectivity index (χ0v) is 21.7. The first-order chi connectivity index (χ1) is 16.1. The van der Waals surface area contributed by atoms with Crippen LogP contribution >= 0.6 is 0 Å². The first-order valence-electron chi connectivity index (χ1n) is 11.7. The standard InChI is InChI=1S/C26H37N3O4S/c1-6-8-14-27-26(31)24(7-2)28(18-22-12-10-9-11-13-22)25(30)19-29(34(5,32)33)23-16-20(3)15-21(4)17-23/h9-13,15-17,24H,6-8,14,18-19H2,1-5H3,(H,27,31). The summed E-state index contributed by atoms with van der Waals surface area (Å²) in [6, 6.07) is 14.1. The molecule has 1 atom stereocenters. The fourth-order valence-corrected chi connectivity index (χ4v) is 4.75. The predicted octanol–water partition coefficient (Wildman–Crippen LogP) is 3.79. The number of rotatable bonds is 12. The van der Waals surface area contributed by atoms with Gasteiger partial charge < -0.3 is 10.2 Å². The second kappa shape index (κ2) is 12.6. The van der Waals surface area contributed by atoms with E-state index in [0.717, 1.165) is 40.1 Å². The number of hydrogen-bond acceptors (Lipinski definition) is 4. The van der Waals surface area contributed by atoms with E-state index in [0.29, 0.717) is 18.7 Å². The Hall–Kier alpha value is -2.87. The van der Waals surface area contributed by atoms with Crippen molar-refractivity contribution in [2.24, 2.45) is 0 Å². The van der Waals surface area contributed by atoms with Crippen molar-refractivity contribution < 1.29 is 18.0 Å². The Balaban J connectivity index is 2.40. The minimum atomic E-state index is -3.74. The topological polar surface area (TPSA) is 86.8 Å². The first-order valence-corrected chi connectivity index (χ1v) is 13.6. The van der Waals surface area contributed by atoms with E-state index in [2.05, 4.69) is 5.32 Å². The SMILES string of the molecule is CCCCNC(=O)C(CC)N(Cc1ccccc1)C(=O)CN(c1cc(C)cc(C)c1)S(C)(=O)=O. The third-order valence-electron chi connectivity index (χ3n) is 5.58. The van der Waals surface area contributed by atoms with Crippen molar-refractivity contribution in [1.82, 2.24) is 10.2 Å². The van der Waals surface area contributed by atoms with Crippen molar-refractivity contribution in [3.63, 3.8) is 0 Å². The van der Waals surface area contributed by atoms with Crippen molar-refractivity contribution in [3.05, 3.63) is 65.2 Å². The molecule has 2 amide bonds. The summed E-state index contributed by atoms with van der Waals surface area (Å²) < 4.78 is 26.5. The Morgan fingerprint density at radius 2 is 1.62 bits per heavy atom. The van der Waals surface area contributed by atoms with Crippen LogP contribution in [0, 0.1) is 13.8 Å². The molecular formula is C26H37N3O4S. The molecule has 0 aliphatic carbocycles. The Morgan fingerprint density at radius 3 is 2.15 bits per heavy atom. The average Bonchev–Trinajstić information content (AvgIpc) is 2.76. The molecule has 1 unspecified atom stereocenters. The number of nitrogens with zero attached hydrogens (tertiary/aromatic N) is 2. The van der Waals surface area contributed by atoms with Gasteiger partial charge in [-0.2, -0.15) is 0 Å². The largest absolute Gasteiger partial charge is 0.354 e. The van der Waals surface area contributed by atoms with Gasteiger partial charge >= 0.3 is 0 Å². The molecule has 34 heavy (non-hydrogen) atoms. The number of benzene rings is 2. The fraction of sp³-hybridized carbons (Fsp3) is 0.462. The summed E-state index contributed by atoms with van der Waals surface area (Å²) in [5.74, 6) is -0.650. The van der Waals surface area contributed by atoms with Crippen LogP contribution in [-0.2, 0) is 26.2 Å². The molecule has 0 aliphatic rings. The molecule has 1 N–H and O–H groups in total. The lowest BCUT2D eigenvalue weighted by Gasteiger charge is -2.33.